The minimum atomic E-state index is -1.08. The van der Waals surface area contributed by atoms with Gasteiger partial charge in [0.25, 0.3) is 5.69 Å². The van der Waals surface area contributed by atoms with Crippen LogP contribution in [-0.2, 0) is 4.79 Å². The first kappa shape index (κ1) is 16.6. The van der Waals surface area contributed by atoms with Gasteiger partial charge >= 0.3 is 5.97 Å². The summed E-state index contributed by atoms with van der Waals surface area (Å²) in [5.41, 5.74) is -0.00117. The van der Waals surface area contributed by atoms with E-state index in [4.69, 9.17) is 5.11 Å². The lowest BCUT2D eigenvalue weighted by Crippen LogP contribution is -2.31. The van der Waals surface area contributed by atoms with Crippen LogP contribution in [0.1, 0.15) is 37.6 Å². The second kappa shape index (κ2) is 6.83. The van der Waals surface area contributed by atoms with Crippen molar-refractivity contribution in [2.45, 2.75) is 33.2 Å². The zero-order valence-corrected chi connectivity index (χ0v) is 12.1. The SMILES string of the molecule is CC(=O)c1ccc(N[C@@H](CC(C)C)C(=O)O)c([N+](=O)[O-])c1. The molecule has 1 rings (SSSR count). The Balaban J connectivity index is 3.13. The molecule has 0 saturated heterocycles. The third-order valence-corrected chi connectivity index (χ3v) is 2.94. The molecule has 0 aliphatic rings. The topological polar surface area (TPSA) is 110 Å². The number of carbonyl (C=O) groups is 2. The largest absolute Gasteiger partial charge is 0.480 e. The van der Waals surface area contributed by atoms with Crippen LogP contribution in [0.4, 0.5) is 11.4 Å². The van der Waals surface area contributed by atoms with E-state index >= 15 is 0 Å². The number of hydrogen-bond acceptors (Lipinski definition) is 5. The first-order valence-electron chi connectivity index (χ1n) is 6.51. The zero-order valence-electron chi connectivity index (χ0n) is 12.1. The number of anilines is 1. The first-order valence-corrected chi connectivity index (χ1v) is 6.51. The minimum Gasteiger partial charge on any atom is -0.480 e. The molecule has 21 heavy (non-hydrogen) atoms. The fourth-order valence-electron chi connectivity index (χ4n) is 1.90. The van der Waals surface area contributed by atoms with Crippen molar-refractivity contribution in [3.05, 3.63) is 33.9 Å². The first-order chi connectivity index (χ1) is 9.72. The normalized spacial score (nSPS) is 12.0. The highest BCUT2D eigenvalue weighted by Gasteiger charge is 2.23. The van der Waals surface area contributed by atoms with Gasteiger partial charge in [0, 0.05) is 11.6 Å². The second-order valence-corrected chi connectivity index (χ2v) is 5.21. The highest BCUT2D eigenvalue weighted by molar-refractivity contribution is 5.95. The lowest BCUT2D eigenvalue weighted by molar-refractivity contribution is -0.384. The molecule has 1 atom stereocenters. The maximum Gasteiger partial charge on any atom is 0.326 e. The van der Waals surface area contributed by atoms with E-state index < -0.39 is 16.9 Å². The number of ketones is 1. The predicted octanol–water partition coefficient (Wildman–Crippen LogP) is 2.71. The van der Waals surface area contributed by atoms with Crippen LogP contribution in [-0.4, -0.2) is 27.8 Å². The van der Waals surface area contributed by atoms with E-state index in [1.807, 2.05) is 13.8 Å². The molecule has 0 radical (unpaired) electrons. The van der Waals surface area contributed by atoms with Crippen molar-refractivity contribution < 1.29 is 19.6 Å². The number of carboxylic acids is 1. The molecule has 0 aliphatic heterocycles. The van der Waals surface area contributed by atoms with E-state index in [2.05, 4.69) is 5.32 Å². The quantitative estimate of drug-likeness (QED) is 0.454. The van der Waals surface area contributed by atoms with Crippen molar-refractivity contribution in [3.63, 3.8) is 0 Å². The summed E-state index contributed by atoms with van der Waals surface area (Å²) in [5.74, 6) is -1.25. The molecule has 0 saturated carbocycles. The lowest BCUT2D eigenvalue weighted by Gasteiger charge is -2.17. The number of rotatable bonds is 7. The van der Waals surface area contributed by atoms with Crippen LogP contribution in [0.5, 0.6) is 0 Å². The van der Waals surface area contributed by atoms with E-state index in [1.165, 1.54) is 19.1 Å². The van der Waals surface area contributed by atoms with Crippen LogP contribution in [0.3, 0.4) is 0 Å². The number of hydrogen-bond donors (Lipinski definition) is 2. The van der Waals surface area contributed by atoms with Gasteiger partial charge in [0.15, 0.2) is 5.78 Å². The highest BCUT2D eigenvalue weighted by atomic mass is 16.6. The third-order valence-electron chi connectivity index (χ3n) is 2.94. The molecule has 0 fully saturated rings. The summed E-state index contributed by atoms with van der Waals surface area (Å²) in [7, 11) is 0. The Bertz CT molecular complexity index is 568. The Hall–Kier alpha value is -2.44. The van der Waals surface area contributed by atoms with Gasteiger partial charge in [0.05, 0.1) is 4.92 Å². The van der Waals surface area contributed by atoms with Crippen molar-refractivity contribution in [1.29, 1.82) is 0 Å². The average molecular weight is 294 g/mol. The van der Waals surface area contributed by atoms with Gasteiger partial charge in [-0.25, -0.2) is 4.79 Å². The van der Waals surface area contributed by atoms with Crippen LogP contribution in [0, 0.1) is 16.0 Å². The van der Waals surface area contributed by atoms with Crippen molar-refractivity contribution in [3.8, 4) is 0 Å². The van der Waals surface area contributed by atoms with E-state index in [9.17, 15) is 19.7 Å². The number of nitro groups is 1. The average Bonchev–Trinajstić information content (AvgIpc) is 2.37. The monoisotopic (exact) mass is 294 g/mol. The van der Waals surface area contributed by atoms with Gasteiger partial charge in [0.1, 0.15) is 11.7 Å². The maximum atomic E-state index is 11.3. The van der Waals surface area contributed by atoms with Crippen LogP contribution in [0.2, 0.25) is 0 Å². The molecule has 0 unspecified atom stereocenters. The third kappa shape index (κ3) is 4.55. The number of aliphatic carboxylic acids is 1. The fourth-order valence-corrected chi connectivity index (χ4v) is 1.90. The molecule has 2 N–H and O–H groups in total. The fraction of sp³-hybridized carbons (Fsp3) is 0.429. The molecule has 114 valence electrons. The molecule has 7 nitrogen and oxygen atoms in total. The van der Waals surface area contributed by atoms with Crippen molar-refractivity contribution in [2.75, 3.05) is 5.32 Å². The van der Waals surface area contributed by atoms with Crippen LogP contribution in [0.15, 0.2) is 18.2 Å². The molecule has 0 spiro atoms. The van der Waals surface area contributed by atoms with Gasteiger partial charge in [-0.2, -0.15) is 0 Å². The summed E-state index contributed by atoms with van der Waals surface area (Å²) in [6, 6.07) is 3.03. The Morgan fingerprint density at radius 3 is 2.43 bits per heavy atom. The summed E-state index contributed by atoms with van der Waals surface area (Å²) in [6.45, 7) is 5.04. The molecule has 0 aromatic heterocycles. The van der Waals surface area contributed by atoms with Gasteiger partial charge in [-0.1, -0.05) is 13.8 Å². The van der Waals surface area contributed by atoms with Gasteiger partial charge in [0.2, 0.25) is 0 Å². The van der Waals surface area contributed by atoms with E-state index in [0.29, 0.717) is 6.42 Å². The minimum absolute atomic E-state index is 0.0954. The predicted molar refractivity (Wildman–Crippen MR) is 77.6 cm³/mol. The zero-order chi connectivity index (χ0) is 16.2. The number of nitrogens with one attached hydrogen (secondary N) is 1. The summed E-state index contributed by atoms with van der Waals surface area (Å²) >= 11 is 0. The van der Waals surface area contributed by atoms with Crippen LogP contribution >= 0.6 is 0 Å². The Kier molecular flexibility index (Phi) is 5.40. The summed E-state index contributed by atoms with van der Waals surface area (Å²) in [4.78, 5) is 32.9. The van der Waals surface area contributed by atoms with E-state index in [1.54, 1.807) is 0 Å². The standard InChI is InChI=1S/C14H18N2O5/c1-8(2)6-12(14(18)19)15-11-5-4-10(9(3)17)7-13(11)16(20)21/h4-5,7-8,12,15H,6H2,1-3H3,(H,18,19)/t12-/m0/s1. The number of Topliss-reactive ketones (excluding diaryl/α,β-unsaturated/α-hetero) is 1. The summed E-state index contributed by atoms with van der Waals surface area (Å²) in [5, 5.41) is 22.9. The number of nitro benzene ring substituents is 1. The lowest BCUT2D eigenvalue weighted by atomic mass is 10.0. The smallest absolute Gasteiger partial charge is 0.326 e. The van der Waals surface area contributed by atoms with Crippen molar-refractivity contribution >= 4 is 23.1 Å². The number of nitrogens with zero attached hydrogens (tertiary/aromatic N) is 1. The van der Waals surface area contributed by atoms with Crippen LogP contribution < -0.4 is 5.32 Å². The molecule has 0 amide bonds. The molecule has 7 heteroatoms. The van der Waals surface area contributed by atoms with Crippen LogP contribution in [0.25, 0.3) is 0 Å². The Labute approximate surface area is 122 Å². The summed E-state index contributed by atoms with van der Waals surface area (Å²) < 4.78 is 0. The molecule has 1 aromatic rings. The maximum absolute atomic E-state index is 11.3. The van der Waals surface area contributed by atoms with Gasteiger partial charge in [-0.3, -0.25) is 14.9 Å². The molecular formula is C14H18N2O5. The van der Waals surface area contributed by atoms with E-state index in [0.717, 1.165) is 6.07 Å². The van der Waals surface area contributed by atoms with Crippen molar-refractivity contribution in [2.24, 2.45) is 5.92 Å². The van der Waals surface area contributed by atoms with Gasteiger partial charge in [-0.05, 0) is 31.4 Å². The van der Waals surface area contributed by atoms with Gasteiger partial charge in [-0.15, -0.1) is 0 Å². The Morgan fingerprint density at radius 1 is 1.38 bits per heavy atom. The second-order valence-electron chi connectivity index (χ2n) is 5.21. The molecule has 1 aromatic carbocycles. The number of benzene rings is 1. The van der Waals surface area contributed by atoms with Crippen molar-refractivity contribution in [1.82, 2.24) is 0 Å². The molecular weight excluding hydrogens is 276 g/mol. The van der Waals surface area contributed by atoms with Gasteiger partial charge < -0.3 is 10.4 Å². The highest BCUT2D eigenvalue weighted by Crippen LogP contribution is 2.27. The summed E-state index contributed by atoms with van der Waals surface area (Å²) in [6.07, 6.45) is 0.334. The molecule has 0 bridgehead atoms. The number of carbonyl (C=O) groups excluding carboxylic acids is 1. The molecule has 0 heterocycles. The van der Waals surface area contributed by atoms with E-state index in [-0.39, 0.29) is 28.6 Å². The Morgan fingerprint density at radius 2 is 2.00 bits per heavy atom. The molecule has 0 aliphatic carbocycles. The number of carboxylic acid groups (broad SMARTS) is 1.